The number of nitrogens with zero attached hydrogens (tertiary/aromatic N) is 1. The van der Waals surface area contributed by atoms with Crippen LogP contribution in [0.25, 0.3) is 0 Å². The maximum Gasteiger partial charge on any atom is 0.284 e. The van der Waals surface area contributed by atoms with Gasteiger partial charge in [-0.05, 0) is 42.2 Å². The average Bonchev–Trinajstić information content (AvgIpc) is 2.60. The van der Waals surface area contributed by atoms with Crippen LogP contribution in [0.3, 0.4) is 0 Å². The highest BCUT2D eigenvalue weighted by molar-refractivity contribution is 7.89. The van der Waals surface area contributed by atoms with E-state index in [9.17, 15) is 13.2 Å². The van der Waals surface area contributed by atoms with E-state index in [1.54, 1.807) is 24.3 Å². The molecule has 122 valence electrons. The SMILES string of the molecule is CC[C@H](C)c1ccc(S(=O)(=O)NNC(=O)c2ccccn2)cc1. The smallest absolute Gasteiger partial charge is 0.272 e. The molecule has 0 bridgehead atoms. The summed E-state index contributed by atoms with van der Waals surface area (Å²) in [6, 6.07) is 11.4. The number of hydrogen-bond donors (Lipinski definition) is 2. The normalized spacial score (nSPS) is 12.6. The lowest BCUT2D eigenvalue weighted by atomic mass is 9.99. The van der Waals surface area contributed by atoms with Crippen molar-refractivity contribution < 1.29 is 13.2 Å². The summed E-state index contributed by atoms with van der Waals surface area (Å²) in [6.07, 6.45) is 2.43. The molecule has 1 amide bonds. The summed E-state index contributed by atoms with van der Waals surface area (Å²) in [6.45, 7) is 4.15. The standard InChI is InChI=1S/C16H19N3O3S/c1-3-12(2)13-7-9-14(10-8-13)23(21,22)19-18-16(20)15-6-4-5-11-17-15/h4-12,19H,3H2,1-2H3,(H,18,20)/t12-/m0/s1. The molecule has 0 aliphatic heterocycles. The minimum atomic E-state index is -3.82. The molecule has 1 heterocycles. The van der Waals surface area contributed by atoms with Crippen molar-refractivity contribution in [3.63, 3.8) is 0 Å². The van der Waals surface area contributed by atoms with E-state index in [1.165, 1.54) is 24.4 Å². The molecule has 0 unspecified atom stereocenters. The van der Waals surface area contributed by atoms with Gasteiger partial charge in [-0.15, -0.1) is 4.83 Å². The van der Waals surface area contributed by atoms with Gasteiger partial charge in [0.15, 0.2) is 0 Å². The lowest BCUT2D eigenvalue weighted by Crippen LogP contribution is -2.41. The molecule has 2 rings (SSSR count). The first-order valence-corrected chi connectivity index (χ1v) is 8.75. The van der Waals surface area contributed by atoms with Crippen molar-refractivity contribution in [2.45, 2.75) is 31.1 Å². The monoisotopic (exact) mass is 333 g/mol. The Bertz CT molecular complexity index is 759. The summed E-state index contributed by atoms with van der Waals surface area (Å²) < 4.78 is 24.3. The highest BCUT2D eigenvalue weighted by Gasteiger charge is 2.16. The van der Waals surface area contributed by atoms with Crippen molar-refractivity contribution >= 4 is 15.9 Å². The molecule has 2 N–H and O–H groups in total. The number of hydrogen-bond acceptors (Lipinski definition) is 4. The Labute approximate surface area is 136 Å². The Morgan fingerprint density at radius 3 is 2.43 bits per heavy atom. The molecule has 0 radical (unpaired) electrons. The third-order valence-corrected chi connectivity index (χ3v) is 4.83. The van der Waals surface area contributed by atoms with Crippen molar-refractivity contribution in [2.75, 3.05) is 0 Å². The number of benzene rings is 1. The highest BCUT2D eigenvalue weighted by atomic mass is 32.2. The second kappa shape index (κ2) is 7.34. The molecule has 2 aromatic rings. The summed E-state index contributed by atoms with van der Waals surface area (Å²) in [5, 5.41) is 0. The maximum atomic E-state index is 12.2. The van der Waals surface area contributed by atoms with Crippen LogP contribution in [0.2, 0.25) is 0 Å². The zero-order chi connectivity index (χ0) is 16.9. The molecule has 23 heavy (non-hydrogen) atoms. The van der Waals surface area contributed by atoms with Crippen LogP contribution in [0.1, 0.15) is 42.2 Å². The summed E-state index contributed by atoms with van der Waals surface area (Å²) in [4.78, 5) is 17.8. The topological polar surface area (TPSA) is 88.2 Å². The predicted octanol–water partition coefficient (Wildman–Crippen LogP) is 2.22. The second-order valence-electron chi connectivity index (χ2n) is 5.15. The molecule has 0 aliphatic rings. The Balaban J connectivity index is 2.06. The molecular weight excluding hydrogens is 314 g/mol. The summed E-state index contributed by atoms with van der Waals surface area (Å²) in [5.74, 6) is -0.256. The Hall–Kier alpha value is -2.25. The number of amides is 1. The Morgan fingerprint density at radius 1 is 1.17 bits per heavy atom. The number of nitrogens with one attached hydrogen (secondary N) is 2. The summed E-state index contributed by atoms with van der Waals surface area (Å²) in [5.41, 5.74) is 3.35. The molecule has 0 saturated carbocycles. The number of sulfonamides is 1. The van der Waals surface area contributed by atoms with Crippen LogP contribution in [-0.2, 0) is 10.0 Å². The molecule has 1 aromatic carbocycles. The molecule has 0 saturated heterocycles. The molecule has 1 atom stereocenters. The number of rotatable bonds is 6. The molecule has 7 heteroatoms. The van der Waals surface area contributed by atoms with Crippen LogP contribution in [-0.4, -0.2) is 19.3 Å². The second-order valence-corrected chi connectivity index (χ2v) is 6.84. The van der Waals surface area contributed by atoms with E-state index < -0.39 is 15.9 Å². The zero-order valence-electron chi connectivity index (χ0n) is 13.0. The summed E-state index contributed by atoms with van der Waals surface area (Å²) >= 11 is 0. The zero-order valence-corrected chi connectivity index (χ0v) is 13.8. The molecule has 6 nitrogen and oxygen atoms in total. The van der Waals surface area contributed by atoms with Crippen molar-refractivity contribution in [3.8, 4) is 0 Å². The number of carbonyl (C=O) groups excluding carboxylic acids is 1. The van der Waals surface area contributed by atoms with Crippen molar-refractivity contribution in [3.05, 3.63) is 59.9 Å². The van der Waals surface area contributed by atoms with Gasteiger partial charge in [0.05, 0.1) is 4.90 Å². The lowest BCUT2D eigenvalue weighted by molar-refractivity contribution is 0.0940. The fraction of sp³-hybridized carbons (Fsp3) is 0.250. The van der Waals surface area contributed by atoms with Gasteiger partial charge in [-0.2, -0.15) is 0 Å². The quantitative estimate of drug-likeness (QED) is 0.793. The molecular formula is C16H19N3O3S. The van der Waals surface area contributed by atoms with Crippen molar-refractivity contribution in [2.24, 2.45) is 0 Å². The third-order valence-electron chi connectivity index (χ3n) is 3.57. The fourth-order valence-corrected chi connectivity index (χ4v) is 2.78. The van der Waals surface area contributed by atoms with Crippen LogP contribution in [0.15, 0.2) is 53.6 Å². The minimum absolute atomic E-state index is 0.0888. The van der Waals surface area contributed by atoms with Gasteiger partial charge in [0, 0.05) is 6.20 Å². The van der Waals surface area contributed by atoms with Gasteiger partial charge in [-0.1, -0.05) is 32.0 Å². The van der Waals surface area contributed by atoms with Gasteiger partial charge in [0.25, 0.3) is 15.9 Å². The van der Waals surface area contributed by atoms with Gasteiger partial charge in [0.1, 0.15) is 5.69 Å². The largest absolute Gasteiger partial charge is 0.284 e. The molecule has 0 aliphatic carbocycles. The Morgan fingerprint density at radius 2 is 1.87 bits per heavy atom. The van der Waals surface area contributed by atoms with Crippen LogP contribution in [0, 0.1) is 0 Å². The van der Waals surface area contributed by atoms with E-state index >= 15 is 0 Å². The molecule has 1 aromatic heterocycles. The van der Waals surface area contributed by atoms with Crippen LogP contribution in [0.4, 0.5) is 0 Å². The van der Waals surface area contributed by atoms with Gasteiger partial charge in [-0.25, -0.2) is 8.42 Å². The number of carbonyl (C=O) groups is 1. The van der Waals surface area contributed by atoms with E-state index in [0.717, 1.165) is 12.0 Å². The first kappa shape index (κ1) is 17.1. The van der Waals surface area contributed by atoms with Gasteiger partial charge < -0.3 is 0 Å². The number of aromatic nitrogens is 1. The van der Waals surface area contributed by atoms with Gasteiger partial charge >= 0.3 is 0 Å². The summed E-state index contributed by atoms with van der Waals surface area (Å²) in [7, 11) is -3.82. The van der Waals surface area contributed by atoms with Gasteiger partial charge in [0.2, 0.25) is 0 Å². The van der Waals surface area contributed by atoms with E-state index in [0.29, 0.717) is 5.92 Å². The third kappa shape index (κ3) is 4.37. The van der Waals surface area contributed by atoms with Crippen LogP contribution < -0.4 is 10.3 Å². The van der Waals surface area contributed by atoms with E-state index in [1.807, 2.05) is 0 Å². The van der Waals surface area contributed by atoms with E-state index in [4.69, 9.17) is 0 Å². The first-order chi connectivity index (χ1) is 10.9. The lowest BCUT2D eigenvalue weighted by Gasteiger charge is -2.11. The Kier molecular flexibility index (Phi) is 5.46. The van der Waals surface area contributed by atoms with Crippen molar-refractivity contribution in [1.82, 2.24) is 15.2 Å². The van der Waals surface area contributed by atoms with Crippen molar-refractivity contribution in [1.29, 1.82) is 0 Å². The fourth-order valence-electron chi connectivity index (χ4n) is 1.94. The molecule has 0 fully saturated rings. The number of pyridine rings is 1. The predicted molar refractivity (Wildman–Crippen MR) is 87.2 cm³/mol. The van der Waals surface area contributed by atoms with Crippen LogP contribution >= 0.6 is 0 Å². The van der Waals surface area contributed by atoms with Crippen LogP contribution in [0.5, 0.6) is 0 Å². The van der Waals surface area contributed by atoms with Gasteiger partial charge in [-0.3, -0.25) is 15.2 Å². The average molecular weight is 333 g/mol. The van der Waals surface area contributed by atoms with E-state index in [2.05, 4.69) is 29.1 Å². The first-order valence-electron chi connectivity index (χ1n) is 7.27. The molecule has 0 spiro atoms. The maximum absolute atomic E-state index is 12.2. The minimum Gasteiger partial charge on any atom is -0.272 e. The number of hydrazine groups is 1. The van der Waals surface area contributed by atoms with E-state index in [-0.39, 0.29) is 10.6 Å². The highest BCUT2D eigenvalue weighted by Crippen LogP contribution is 2.20.